The highest BCUT2D eigenvalue weighted by Gasteiger charge is 2.23. The quantitative estimate of drug-likeness (QED) is 0.908. The van der Waals surface area contributed by atoms with Gasteiger partial charge in [0.15, 0.2) is 11.5 Å². The summed E-state index contributed by atoms with van der Waals surface area (Å²) in [5, 5.41) is 5.87. The van der Waals surface area contributed by atoms with Crippen molar-refractivity contribution in [3.05, 3.63) is 53.6 Å². The molecule has 0 radical (unpaired) electrons. The second-order valence-electron chi connectivity index (χ2n) is 5.46. The van der Waals surface area contributed by atoms with Gasteiger partial charge in [-0.25, -0.2) is 4.79 Å². The number of urea groups is 1. The molecule has 0 saturated heterocycles. The van der Waals surface area contributed by atoms with E-state index in [1.165, 1.54) is 11.1 Å². The van der Waals surface area contributed by atoms with E-state index in [4.69, 9.17) is 9.47 Å². The molecule has 2 N–H and O–H groups in total. The summed E-state index contributed by atoms with van der Waals surface area (Å²) in [6.07, 6.45) is 1.93. The molecular weight excluding hydrogens is 292 g/mol. The summed E-state index contributed by atoms with van der Waals surface area (Å²) in [6.45, 7) is 0. The number of nitrogens with one attached hydrogen (secondary N) is 2. The maximum Gasteiger partial charge on any atom is 0.319 e. The van der Waals surface area contributed by atoms with Crippen LogP contribution in [0.15, 0.2) is 42.5 Å². The molecule has 1 aliphatic carbocycles. The fourth-order valence-electron chi connectivity index (χ4n) is 2.95. The summed E-state index contributed by atoms with van der Waals surface area (Å²) in [6, 6.07) is 13.3. The molecule has 3 rings (SSSR count). The van der Waals surface area contributed by atoms with Crippen molar-refractivity contribution >= 4 is 11.7 Å². The Balaban J connectivity index is 1.66. The molecule has 0 bridgehead atoms. The summed E-state index contributed by atoms with van der Waals surface area (Å²) in [5.41, 5.74) is 3.17. The molecule has 2 aromatic carbocycles. The first-order valence-electron chi connectivity index (χ1n) is 7.58. The normalized spacial score (nSPS) is 15.7. The number of fused-ring (bicyclic) bond motifs is 1. The van der Waals surface area contributed by atoms with Gasteiger partial charge in [0.2, 0.25) is 0 Å². The van der Waals surface area contributed by atoms with E-state index in [0.29, 0.717) is 17.2 Å². The summed E-state index contributed by atoms with van der Waals surface area (Å²) < 4.78 is 10.4. The lowest BCUT2D eigenvalue weighted by atomic mass is 10.1. The van der Waals surface area contributed by atoms with Crippen molar-refractivity contribution in [3.8, 4) is 11.5 Å². The molecule has 0 fully saturated rings. The summed E-state index contributed by atoms with van der Waals surface area (Å²) >= 11 is 0. The van der Waals surface area contributed by atoms with E-state index in [9.17, 15) is 4.79 Å². The third-order valence-electron chi connectivity index (χ3n) is 4.08. The minimum atomic E-state index is -0.223. The minimum Gasteiger partial charge on any atom is -0.493 e. The third-order valence-corrected chi connectivity index (χ3v) is 4.08. The van der Waals surface area contributed by atoms with E-state index in [1.807, 2.05) is 12.1 Å². The predicted octanol–water partition coefficient (Wildman–Crippen LogP) is 3.51. The number of rotatable bonds is 4. The number of hydrogen-bond acceptors (Lipinski definition) is 3. The van der Waals surface area contributed by atoms with Crippen LogP contribution in [0.2, 0.25) is 0 Å². The molecule has 2 aromatic rings. The molecule has 2 amide bonds. The molecule has 1 unspecified atom stereocenters. The Labute approximate surface area is 135 Å². The van der Waals surface area contributed by atoms with Gasteiger partial charge in [0.05, 0.1) is 20.3 Å². The smallest absolute Gasteiger partial charge is 0.319 e. The lowest BCUT2D eigenvalue weighted by molar-refractivity contribution is 0.248. The Morgan fingerprint density at radius 2 is 1.87 bits per heavy atom. The molecule has 120 valence electrons. The van der Waals surface area contributed by atoms with E-state index in [1.54, 1.807) is 32.4 Å². The van der Waals surface area contributed by atoms with Gasteiger partial charge in [0.25, 0.3) is 0 Å². The number of carbonyl (C=O) groups is 1. The topological polar surface area (TPSA) is 59.6 Å². The zero-order chi connectivity index (χ0) is 16.2. The van der Waals surface area contributed by atoms with Crippen LogP contribution in [-0.4, -0.2) is 20.3 Å². The Morgan fingerprint density at radius 3 is 2.65 bits per heavy atom. The first-order valence-corrected chi connectivity index (χ1v) is 7.58. The molecule has 0 aromatic heterocycles. The van der Waals surface area contributed by atoms with Crippen LogP contribution in [0.1, 0.15) is 23.6 Å². The molecule has 5 heteroatoms. The van der Waals surface area contributed by atoms with E-state index in [2.05, 4.69) is 22.8 Å². The van der Waals surface area contributed by atoms with Crippen LogP contribution >= 0.6 is 0 Å². The van der Waals surface area contributed by atoms with Gasteiger partial charge in [0, 0.05) is 11.8 Å². The van der Waals surface area contributed by atoms with Crippen LogP contribution in [0.5, 0.6) is 11.5 Å². The van der Waals surface area contributed by atoms with Gasteiger partial charge in [-0.05, 0) is 36.1 Å². The Morgan fingerprint density at radius 1 is 1.09 bits per heavy atom. The first kappa shape index (κ1) is 15.2. The van der Waals surface area contributed by atoms with Crippen LogP contribution in [-0.2, 0) is 6.42 Å². The minimum absolute atomic E-state index is 0.0614. The van der Waals surface area contributed by atoms with E-state index in [-0.39, 0.29) is 12.1 Å². The van der Waals surface area contributed by atoms with Gasteiger partial charge in [-0.15, -0.1) is 0 Å². The maximum absolute atomic E-state index is 12.2. The summed E-state index contributed by atoms with van der Waals surface area (Å²) in [5.74, 6) is 1.21. The number of ether oxygens (including phenoxy) is 2. The van der Waals surface area contributed by atoms with E-state index < -0.39 is 0 Å². The van der Waals surface area contributed by atoms with E-state index in [0.717, 1.165) is 12.8 Å². The summed E-state index contributed by atoms with van der Waals surface area (Å²) in [4.78, 5) is 12.2. The van der Waals surface area contributed by atoms with Crippen LogP contribution in [0.3, 0.4) is 0 Å². The van der Waals surface area contributed by atoms with Gasteiger partial charge in [0.1, 0.15) is 0 Å². The van der Waals surface area contributed by atoms with Crippen molar-refractivity contribution in [2.24, 2.45) is 0 Å². The fraction of sp³-hybridized carbons (Fsp3) is 0.278. The third kappa shape index (κ3) is 3.23. The van der Waals surface area contributed by atoms with Crippen molar-refractivity contribution in [3.63, 3.8) is 0 Å². The molecule has 0 heterocycles. The van der Waals surface area contributed by atoms with E-state index >= 15 is 0 Å². The Hall–Kier alpha value is -2.69. The highest BCUT2D eigenvalue weighted by Crippen LogP contribution is 2.31. The predicted molar refractivity (Wildman–Crippen MR) is 89.2 cm³/mol. The SMILES string of the molecule is COc1ccc(NC(=O)NC2CCc3ccccc32)cc1OC. The molecule has 1 atom stereocenters. The van der Waals surface area contributed by atoms with Gasteiger partial charge < -0.3 is 20.1 Å². The van der Waals surface area contributed by atoms with Gasteiger partial charge in [-0.3, -0.25) is 0 Å². The summed E-state index contributed by atoms with van der Waals surface area (Å²) in [7, 11) is 3.15. The van der Waals surface area contributed by atoms with Crippen LogP contribution in [0.25, 0.3) is 0 Å². The largest absolute Gasteiger partial charge is 0.493 e. The molecular formula is C18H20N2O3. The second-order valence-corrected chi connectivity index (χ2v) is 5.46. The number of anilines is 1. The van der Waals surface area contributed by atoms with Crippen LogP contribution in [0.4, 0.5) is 10.5 Å². The zero-order valence-corrected chi connectivity index (χ0v) is 13.3. The average Bonchev–Trinajstić information content (AvgIpc) is 2.97. The monoisotopic (exact) mass is 312 g/mol. The number of benzene rings is 2. The fourth-order valence-corrected chi connectivity index (χ4v) is 2.95. The van der Waals surface area contributed by atoms with Crippen molar-refractivity contribution in [1.29, 1.82) is 0 Å². The molecule has 23 heavy (non-hydrogen) atoms. The van der Waals surface area contributed by atoms with Gasteiger partial charge in [-0.1, -0.05) is 24.3 Å². The Kier molecular flexibility index (Phi) is 4.37. The molecule has 0 aliphatic heterocycles. The van der Waals surface area contributed by atoms with Crippen molar-refractivity contribution in [2.45, 2.75) is 18.9 Å². The van der Waals surface area contributed by atoms with Gasteiger partial charge >= 0.3 is 6.03 Å². The van der Waals surface area contributed by atoms with Crippen molar-refractivity contribution < 1.29 is 14.3 Å². The second kappa shape index (κ2) is 6.60. The van der Waals surface area contributed by atoms with Crippen molar-refractivity contribution in [1.82, 2.24) is 5.32 Å². The Bertz CT molecular complexity index is 715. The number of aryl methyl sites for hydroxylation is 1. The van der Waals surface area contributed by atoms with Crippen LogP contribution < -0.4 is 20.1 Å². The standard InChI is InChI=1S/C18H20N2O3/c1-22-16-10-8-13(11-17(16)23-2)19-18(21)20-15-9-7-12-5-3-4-6-14(12)15/h3-6,8,10-11,15H,7,9H2,1-2H3,(H2,19,20,21). The maximum atomic E-state index is 12.2. The molecule has 0 spiro atoms. The van der Waals surface area contributed by atoms with Crippen LogP contribution in [0, 0.1) is 0 Å². The number of carbonyl (C=O) groups excluding carboxylic acids is 1. The zero-order valence-electron chi connectivity index (χ0n) is 13.3. The molecule has 0 saturated carbocycles. The lowest BCUT2D eigenvalue weighted by Gasteiger charge is -2.15. The lowest BCUT2D eigenvalue weighted by Crippen LogP contribution is -2.31. The highest BCUT2D eigenvalue weighted by atomic mass is 16.5. The highest BCUT2D eigenvalue weighted by molar-refractivity contribution is 5.90. The first-order chi connectivity index (χ1) is 11.2. The van der Waals surface area contributed by atoms with Gasteiger partial charge in [-0.2, -0.15) is 0 Å². The number of methoxy groups -OCH3 is 2. The molecule has 1 aliphatic rings. The average molecular weight is 312 g/mol. The van der Waals surface area contributed by atoms with Crippen molar-refractivity contribution in [2.75, 3.05) is 19.5 Å². The number of amides is 2. The molecule has 5 nitrogen and oxygen atoms in total. The number of hydrogen-bond donors (Lipinski definition) is 2.